The zero-order valence-corrected chi connectivity index (χ0v) is 11.9. The van der Waals surface area contributed by atoms with E-state index in [0.29, 0.717) is 0 Å². The van der Waals surface area contributed by atoms with Crippen LogP contribution in [-0.4, -0.2) is 18.5 Å². The fourth-order valence-electron chi connectivity index (χ4n) is 2.05. The fraction of sp³-hybridized carbons (Fsp3) is 0.462. The number of hydrogen-bond donors (Lipinski definition) is 2. The molecular formula is C13H17IN2O. The second kappa shape index (κ2) is 6.35. The molecule has 1 saturated heterocycles. The monoisotopic (exact) mass is 344 g/mol. The molecule has 1 atom stereocenters. The van der Waals surface area contributed by atoms with Crippen molar-refractivity contribution in [3.63, 3.8) is 0 Å². The molecule has 1 unspecified atom stereocenters. The number of anilines is 1. The van der Waals surface area contributed by atoms with Crippen LogP contribution in [0.2, 0.25) is 0 Å². The van der Waals surface area contributed by atoms with Gasteiger partial charge in [0.2, 0.25) is 5.91 Å². The summed E-state index contributed by atoms with van der Waals surface area (Å²) in [5.41, 5.74) is 0.882. The highest BCUT2D eigenvalue weighted by molar-refractivity contribution is 14.1. The maximum atomic E-state index is 12.1. The van der Waals surface area contributed by atoms with Crippen LogP contribution in [0.3, 0.4) is 0 Å². The van der Waals surface area contributed by atoms with Crippen LogP contribution in [0.4, 0.5) is 5.69 Å². The molecule has 1 fully saturated rings. The van der Waals surface area contributed by atoms with E-state index in [0.717, 1.165) is 28.6 Å². The van der Waals surface area contributed by atoms with Gasteiger partial charge in [-0.05, 0) is 60.2 Å². The molecule has 1 aliphatic heterocycles. The Labute approximate surface area is 116 Å². The quantitative estimate of drug-likeness (QED) is 0.810. The summed E-state index contributed by atoms with van der Waals surface area (Å²) in [5.74, 6) is 0.0916. The van der Waals surface area contributed by atoms with E-state index in [1.165, 1.54) is 12.8 Å². The summed E-state index contributed by atoms with van der Waals surface area (Å²) >= 11 is 2.25. The number of amides is 1. The van der Waals surface area contributed by atoms with E-state index in [1.54, 1.807) is 0 Å². The van der Waals surface area contributed by atoms with Crippen LogP contribution in [0.1, 0.15) is 25.7 Å². The molecule has 1 aliphatic rings. The van der Waals surface area contributed by atoms with Crippen molar-refractivity contribution in [3.8, 4) is 0 Å². The average Bonchev–Trinajstić information content (AvgIpc) is 2.57. The van der Waals surface area contributed by atoms with Crippen LogP contribution in [0.5, 0.6) is 0 Å². The minimum atomic E-state index is -0.0321. The molecule has 3 nitrogen and oxygen atoms in total. The summed E-state index contributed by atoms with van der Waals surface area (Å²) in [4.78, 5) is 12.1. The highest BCUT2D eigenvalue weighted by atomic mass is 127. The topological polar surface area (TPSA) is 41.1 Å². The normalized spacial score (nSPS) is 20.6. The molecule has 17 heavy (non-hydrogen) atoms. The van der Waals surface area contributed by atoms with Crippen LogP contribution < -0.4 is 10.6 Å². The summed E-state index contributed by atoms with van der Waals surface area (Å²) in [5, 5.41) is 6.28. The number of halogens is 1. The van der Waals surface area contributed by atoms with E-state index < -0.39 is 0 Å². The molecule has 0 spiro atoms. The first-order valence-corrected chi connectivity index (χ1v) is 7.13. The molecule has 1 amide bonds. The molecule has 1 aromatic carbocycles. The first-order chi connectivity index (χ1) is 8.25. The van der Waals surface area contributed by atoms with Crippen LogP contribution in [0, 0.1) is 3.57 Å². The van der Waals surface area contributed by atoms with Crippen LogP contribution in [0.25, 0.3) is 0 Å². The maximum Gasteiger partial charge on any atom is 0.241 e. The Balaban J connectivity index is 1.95. The first-order valence-electron chi connectivity index (χ1n) is 6.05. The fourth-order valence-corrected chi connectivity index (χ4v) is 2.59. The van der Waals surface area contributed by atoms with Gasteiger partial charge in [-0.25, -0.2) is 0 Å². The van der Waals surface area contributed by atoms with Crippen LogP contribution >= 0.6 is 22.6 Å². The summed E-state index contributed by atoms with van der Waals surface area (Å²) in [7, 11) is 0. The van der Waals surface area contributed by atoms with Gasteiger partial charge in [-0.3, -0.25) is 4.79 Å². The molecule has 2 rings (SSSR count). The highest BCUT2D eigenvalue weighted by Crippen LogP contribution is 2.14. The lowest BCUT2D eigenvalue weighted by Gasteiger charge is -2.15. The molecule has 0 saturated carbocycles. The van der Waals surface area contributed by atoms with Crippen molar-refractivity contribution in [3.05, 3.63) is 27.8 Å². The summed E-state index contributed by atoms with van der Waals surface area (Å²) in [6.45, 7) is 0.949. The predicted molar refractivity (Wildman–Crippen MR) is 78.0 cm³/mol. The Morgan fingerprint density at radius 3 is 3.06 bits per heavy atom. The van der Waals surface area contributed by atoms with Crippen LogP contribution in [-0.2, 0) is 4.79 Å². The molecular weight excluding hydrogens is 327 g/mol. The lowest BCUT2D eigenvalue weighted by Crippen LogP contribution is -2.39. The number of nitrogens with one attached hydrogen (secondary N) is 2. The highest BCUT2D eigenvalue weighted by Gasteiger charge is 2.19. The Morgan fingerprint density at radius 2 is 2.24 bits per heavy atom. The first kappa shape index (κ1) is 12.8. The summed E-state index contributed by atoms with van der Waals surface area (Å²) < 4.78 is 1.13. The van der Waals surface area contributed by atoms with Crippen LogP contribution in [0.15, 0.2) is 24.3 Å². The van der Waals surface area contributed by atoms with E-state index in [-0.39, 0.29) is 11.9 Å². The number of rotatable bonds is 2. The third-order valence-electron chi connectivity index (χ3n) is 2.97. The van der Waals surface area contributed by atoms with Gasteiger partial charge in [0.25, 0.3) is 0 Å². The predicted octanol–water partition coefficient (Wildman–Crippen LogP) is 2.76. The van der Waals surface area contributed by atoms with Gasteiger partial charge in [0, 0.05) is 9.26 Å². The van der Waals surface area contributed by atoms with Crippen molar-refractivity contribution in [1.82, 2.24) is 5.32 Å². The molecule has 0 aliphatic carbocycles. The number of hydrogen-bond acceptors (Lipinski definition) is 2. The molecule has 1 aromatic rings. The van der Waals surface area contributed by atoms with Gasteiger partial charge in [0.1, 0.15) is 0 Å². The van der Waals surface area contributed by atoms with Gasteiger partial charge >= 0.3 is 0 Å². The lowest BCUT2D eigenvalue weighted by molar-refractivity contribution is -0.118. The third kappa shape index (κ3) is 3.96. The Bertz CT molecular complexity index is 387. The van der Waals surface area contributed by atoms with E-state index >= 15 is 0 Å². The molecule has 1 heterocycles. The number of carbonyl (C=O) groups excluding carboxylic acids is 1. The van der Waals surface area contributed by atoms with Crippen molar-refractivity contribution in [2.45, 2.75) is 31.7 Å². The molecule has 0 bridgehead atoms. The minimum absolute atomic E-state index is 0.0321. The van der Waals surface area contributed by atoms with Gasteiger partial charge in [-0.2, -0.15) is 0 Å². The number of carbonyl (C=O) groups is 1. The zero-order valence-electron chi connectivity index (χ0n) is 9.71. The van der Waals surface area contributed by atoms with Gasteiger partial charge < -0.3 is 10.6 Å². The minimum Gasteiger partial charge on any atom is -0.325 e. The largest absolute Gasteiger partial charge is 0.325 e. The van der Waals surface area contributed by atoms with E-state index in [9.17, 15) is 4.79 Å². The second-order valence-electron chi connectivity index (χ2n) is 4.36. The average molecular weight is 344 g/mol. The molecule has 92 valence electrons. The van der Waals surface area contributed by atoms with Crippen molar-refractivity contribution in [1.29, 1.82) is 0 Å². The van der Waals surface area contributed by atoms with Crippen molar-refractivity contribution < 1.29 is 4.79 Å². The molecule has 0 radical (unpaired) electrons. The smallest absolute Gasteiger partial charge is 0.241 e. The van der Waals surface area contributed by atoms with Crippen molar-refractivity contribution in [2.75, 3.05) is 11.9 Å². The molecule has 0 aromatic heterocycles. The van der Waals surface area contributed by atoms with E-state index in [1.807, 2.05) is 24.3 Å². The summed E-state index contributed by atoms with van der Waals surface area (Å²) in [6.07, 6.45) is 4.47. The Kier molecular flexibility index (Phi) is 4.79. The van der Waals surface area contributed by atoms with Gasteiger partial charge in [0.15, 0.2) is 0 Å². The van der Waals surface area contributed by atoms with E-state index in [2.05, 4.69) is 33.2 Å². The second-order valence-corrected chi connectivity index (χ2v) is 5.60. The van der Waals surface area contributed by atoms with Gasteiger partial charge in [-0.1, -0.05) is 18.9 Å². The van der Waals surface area contributed by atoms with Gasteiger partial charge in [-0.15, -0.1) is 0 Å². The molecule has 2 N–H and O–H groups in total. The third-order valence-corrected chi connectivity index (χ3v) is 3.64. The SMILES string of the molecule is O=C(Nc1cccc(I)c1)C1CCCCCN1. The number of benzene rings is 1. The summed E-state index contributed by atoms with van der Waals surface area (Å²) in [6, 6.07) is 7.85. The zero-order chi connectivity index (χ0) is 12.1. The Morgan fingerprint density at radius 1 is 1.35 bits per heavy atom. The standard InChI is InChI=1S/C13H17IN2O/c14-10-5-4-6-11(9-10)16-13(17)12-7-2-1-3-8-15-12/h4-6,9,12,15H,1-3,7-8H2,(H,16,17). The lowest BCUT2D eigenvalue weighted by atomic mass is 10.1. The maximum absolute atomic E-state index is 12.1. The van der Waals surface area contributed by atoms with E-state index in [4.69, 9.17) is 0 Å². The van der Waals surface area contributed by atoms with Crippen molar-refractivity contribution >= 4 is 34.2 Å². The molecule has 4 heteroatoms. The Hall–Kier alpha value is -0.620. The van der Waals surface area contributed by atoms with Crippen molar-refractivity contribution in [2.24, 2.45) is 0 Å². The van der Waals surface area contributed by atoms with Gasteiger partial charge in [0.05, 0.1) is 6.04 Å².